The Hall–Kier alpha value is -2.14. The molecule has 2 aromatic carbocycles. The average molecular weight is 375 g/mol. The van der Waals surface area contributed by atoms with Crippen LogP contribution >= 0.6 is 15.9 Å². The van der Waals surface area contributed by atoms with E-state index in [0.29, 0.717) is 0 Å². The Bertz CT molecular complexity index is 674. The van der Waals surface area contributed by atoms with Crippen LogP contribution in [0.3, 0.4) is 0 Å². The number of carbonyl (C=O) groups excluding carboxylic acids is 2. The van der Waals surface area contributed by atoms with Crippen LogP contribution in [-0.2, 0) is 16.0 Å². The van der Waals surface area contributed by atoms with Crippen molar-refractivity contribution in [2.24, 2.45) is 0 Å². The first kappa shape index (κ1) is 17.2. The first-order valence-corrected chi connectivity index (χ1v) is 8.19. The maximum atomic E-state index is 11.9. The van der Waals surface area contributed by atoms with Gasteiger partial charge in [0.15, 0.2) is 0 Å². The van der Waals surface area contributed by atoms with E-state index in [4.69, 9.17) is 0 Å². The minimum absolute atomic E-state index is 0.0238. The van der Waals surface area contributed by atoms with E-state index in [-0.39, 0.29) is 30.8 Å². The molecule has 0 spiro atoms. The third-order valence-corrected chi connectivity index (χ3v) is 3.87. The highest BCUT2D eigenvalue weighted by Gasteiger charge is 2.11. The summed E-state index contributed by atoms with van der Waals surface area (Å²) >= 11 is 3.41. The minimum Gasteiger partial charge on any atom is -0.348 e. The van der Waals surface area contributed by atoms with Gasteiger partial charge in [0.1, 0.15) is 0 Å². The predicted octanol–water partition coefficient (Wildman–Crippen LogP) is 2.99. The Morgan fingerprint density at radius 1 is 1.04 bits per heavy atom. The number of hydrogen-bond donors (Lipinski definition) is 2. The van der Waals surface area contributed by atoms with E-state index in [1.165, 1.54) is 0 Å². The summed E-state index contributed by atoms with van der Waals surface area (Å²) in [4.78, 5) is 23.8. The van der Waals surface area contributed by atoms with Gasteiger partial charge in [-0.15, -0.1) is 0 Å². The maximum Gasteiger partial charge on any atom is 0.239 e. The van der Waals surface area contributed by atoms with E-state index in [1.54, 1.807) is 0 Å². The molecular weight excluding hydrogens is 356 g/mol. The first-order chi connectivity index (χ1) is 11.0. The van der Waals surface area contributed by atoms with Gasteiger partial charge >= 0.3 is 0 Å². The van der Waals surface area contributed by atoms with E-state index < -0.39 is 0 Å². The zero-order valence-electron chi connectivity index (χ0n) is 12.9. The van der Waals surface area contributed by atoms with E-state index >= 15 is 0 Å². The normalized spacial score (nSPS) is 11.6. The van der Waals surface area contributed by atoms with Crippen molar-refractivity contribution < 1.29 is 9.59 Å². The van der Waals surface area contributed by atoms with Crippen LogP contribution in [0.25, 0.3) is 0 Å². The highest BCUT2D eigenvalue weighted by atomic mass is 79.9. The maximum absolute atomic E-state index is 11.9. The highest BCUT2D eigenvalue weighted by molar-refractivity contribution is 9.10. The van der Waals surface area contributed by atoms with Crippen molar-refractivity contribution in [3.8, 4) is 0 Å². The van der Waals surface area contributed by atoms with Gasteiger partial charge in [0.2, 0.25) is 11.8 Å². The number of benzene rings is 2. The molecule has 4 nitrogen and oxygen atoms in total. The van der Waals surface area contributed by atoms with Gasteiger partial charge in [-0.3, -0.25) is 9.59 Å². The SMILES string of the molecule is C[C@@H](NC(=O)CNC(=O)Cc1ccccc1)c1cccc(Br)c1. The monoisotopic (exact) mass is 374 g/mol. The van der Waals surface area contributed by atoms with E-state index in [1.807, 2.05) is 61.5 Å². The first-order valence-electron chi connectivity index (χ1n) is 7.40. The summed E-state index contributed by atoms with van der Waals surface area (Å²) in [6.45, 7) is 1.88. The Morgan fingerprint density at radius 3 is 2.48 bits per heavy atom. The molecule has 0 saturated heterocycles. The standard InChI is InChI=1S/C18H19BrN2O2/c1-13(15-8-5-9-16(19)11-15)21-18(23)12-20-17(22)10-14-6-3-2-4-7-14/h2-9,11,13H,10,12H2,1H3,(H,20,22)(H,21,23)/t13-/m1/s1. The van der Waals surface area contributed by atoms with Crippen LogP contribution in [0.5, 0.6) is 0 Å². The van der Waals surface area contributed by atoms with Gasteiger partial charge in [0.25, 0.3) is 0 Å². The van der Waals surface area contributed by atoms with E-state index in [0.717, 1.165) is 15.6 Å². The molecule has 0 radical (unpaired) electrons. The molecule has 120 valence electrons. The molecule has 0 unspecified atom stereocenters. The Labute approximate surface area is 144 Å². The van der Waals surface area contributed by atoms with Gasteiger partial charge in [0, 0.05) is 4.47 Å². The smallest absolute Gasteiger partial charge is 0.239 e. The minimum atomic E-state index is -0.209. The van der Waals surface area contributed by atoms with Crippen molar-refractivity contribution in [1.29, 1.82) is 0 Å². The number of carbonyl (C=O) groups is 2. The lowest BCUT2D eigenvalue weighted by Gasteiger charge is -2.15. The van der Waals surface area contributed by atoms with Crippen molar-refractivity contribution in [2.75, 3.05) is 6.54 Å². The van der Waals surface area contributed by atoms with Crippen molar-refractivity contribution in [3.05, 3.63) is 70.2 Å². The average Bonchev–Trinajstić information content (AvgIpc) is 2.54. The van der Waals surface area contributed by atoms with Crippen molar-refractivity contribution >= 4 is 27.7 Å². The molecule has 2 amide bonds. The van der Waals surface area contributed by atoms with E-state index in [9.17, 15) is 9.59 Å². The number of amides is 2. The van der Waals surface area contributed by atoms with Gasteiger partial charge in [-0.05, 0) is 30.2 Å². The fraction of sp³-hybridized carbons (Fsp3) is 0.222. The largest absolute Gasteiger partial charge is 0.348 e. The summed E-state index contributed by atoms with van der Waals surface area (Å²) in [5.74, 6) is -0.375. The van der Waals surface area contributed by atoms with Crippen LogP contribution in [0.2, 0.25) is 0 Å². The molecule has 0 saturated carbocycles. The van der Waals surface area contributed by atoms with Crippen LogP contribution in [0.1, 0.15) is 24.1 Å². The summed E-state index contributed by atoms with van der Waals surface area (Å²) in [6.07, 6.45) is 0.273. The second-order valence-electron chi connectivity index (χ2n) is 5.28. The summed E-state index contributed by atoms with van der Waals surface area (Å²) < 4.78 is 0.965. The van der Waals surface area contributed by atoms with Gasteiger partial charge in [-0.1, -0.05) is 58.4 Å². The molecule has 0 aliphatic carbocycles. The molecule has 0 bridgehead atoms. The third-order valence-electron chi connectivity index (χ3n) is 3.38. The molecular formula is C18H19BrN2O2. The summed E-state index contributed by atoms with van der Waals surface area (Å²) in [7, 11) is 0. The van der Waals surface area contributed by atoms with Gasteiger partial charge in [-0.25, -0.2) is 0 Å². The molecule has 0 fully saturated rings. The zero-order chi connectivity index (χ0) is 16.7. The second kappa shape index (κ2) is 8.48. The second-order valence-corrected chi connectivity index (χ2v) is 6.20. The lowest BCUT2D eigenvalue weighted by atomic mass is 10.1. The summed E-state index contributed by atoms with van der Waals surface area (Å²) in [6, 6.07) is 17.1. The van der Waals surface area contributed by atoms with Crippen molar-refractivity contribution in [3.63, 3.8) is 0 Å². The topological polar surface area (TPSA) is 58.2 Å². The molecule has 0 aromatic heterocycles. The third kappa shape index (κ3) is 5.87. The molecule has 1 atom stereocenters. The van der Waals surface area contributed by atoms with Crippen LogP contribution in [0.15, 0.2) is 59.1 Å². The van der Waals surface area contributed by atoms with Crippen LogP contribution in [0, 0.1) is 0 Å². The number of rotatable bonds is 6. The van der Waals surface area contributed by atoms with Gasteiger partial charge < -0.3 is 10.6 Å². The van der Waals surface area contributed by atoms with E-state index in [2.05, 4.69) is 26.6 Å². The van der Waals surface area contributed by atoms with Crippen molar-refractivity contribution in [1.82, 2.24) is 10.6 Å². The number of hydrogen-bond acceptors (Lipinski definition) is 2. The Kier molecular flexibility index (Phi) is 6.35. The fourth-order valence-electron chi connectivity index (χ4n) is 2.17. The fourth-order valence-corrected chi connectivity index (χ4v) is 2.59. The molecule has 2 aromatic rings. The molecule has 0 aliphatic rings. The Balaban J connectivity index is 1.77. The van der Waals surface area contributed by atoms with Crippen LogP contribution in [0.4, 0.5) is 0 Å². The molecule has 0 heterocycles. The van der Waals surface area contributed by atoms with Crippen LogP contribution in [-0.4, -0.2) is 18.4 Å². The molecule has 23 heavy (non-hydrogen) atoms. The lowest BCUT2D eigenvalue weighted by molar-refractivity contribution is -0.126. The summed E-state index contributed by atoms with van der Waals surface area (Å²) in [5.41, 5.74) is 1.93. The lowest BCUT2D eigenvalue weighted by Crippen LogP contribution is -2.38. The summed E-state index contributed by atoms with van der Waals surface area (Å²) in [5, 5.41) is 5.51. The molecule has 2 rings (SSSR count). The zero-order valence-corrected chi connectivity index (χ0v) is 14.5. The van der Waals surface area contributed by atoms with Crippen molar-refractivity contribution in [2.45, 2.75) is 19.4 Å². The molecule has 2 N–H and O–H groups in total. The quantitative estimate of drug-likeness (QED) is 0.816. The molecule has 5 heteroatoms. The van der Waals surface area contributed by atoms with Gasteiger partial charge in [0.05, 0.1) is 19.0 Å². The molecule has 0 aliphatic heterocycles. The van der Waals surface area contributed by atoms with Crippen LogP contribution < -0.4 is 10.6 Å². The Morgan fingerprint density at radius 2 is 1.78 bits per heavy atom. The highest BCUT2D eigenvalue weighted by Crippen LogP contribution is 2.17. The number of halogens is 1. The predicted molar refractivity (Wildman–Crippen MR) is 93.9 cm³/mol. The van der Waals surface area contributed by atoms with Gasteiger partial charge in [-0.2, -0.15) is 0 Å². The number of nitrogens with one attached hydrogen (secondary N) is 2.